The molecule has 1 unspecified atom stereocenters. The molecule has 1 aromatic heterocycles. The fraction of sp³-hybridized carbons (Fsp3) is 0.457. The van der Waals surface area contributed by atoms with Gasteiger partial charge in [0.2, 0.25) is 11.8 Å². The third-order valence-electron chi connectivity index (χ3n) is 12.3. The summed E-state index contributed by atoms with van der Waals surface area (Å²) in [6.45, 7) is 9.53. The molecule has 320 valence electrons. The first-order valence-corrected chi connectivity index (χ1v) is 21.7. The summed E-state index contributed by atoms with van der Waals surface area (Å²) < 4.78 is 25.6. The van der Waals surface area contributed by atoms with Crippen LogP contribution in [0.1, 0.15) is 72.9 Å². The van der Waals surface area contributed by atoms with Crippen LogP contribution in [-0.4, -0.2) is 125 Å². The highest BCUT2D eigenvalue weighted by atomic mass is 35.5. The van der Waals surface area contributed by atoms with E-state index in [-0.39, 0.29) is 23.3 Å². The number of hydrogen-bond donors (Lipinski definition) is 2. The summed E-state index contributed by atoms with van der Waals surface area (Å²) in [5.74, 6) is 7.05. The predicted octanol–water partition coefficient (Wildman–Crippen LogP) is 6.01. The molecule has 1 atom stereocenters. The van der Waals surface area contributed by atoms with Gasteiger partial charge in [0.25, 0.3) is 5.91 Å². The van der Waals surface area contributed by atoms with Crippen molar-refractivity contribution in [2.24, 2.45) is 0 Å². The summed E-state index contributed by atoms with van der Waals surface area (Å²) in [7, 11) is 1.62. The third-order valence-corrected chi connectivity index (χ3v) is 12.6. The minimum Gasteiger partial charge on any atom is -0.493 e. The Labute approximate surface area is 360 Å². The molecule has 3 aromatic carbocycles. The second kappa shape index (κ2) is 19.6. The van der Waals surface area contributed by atoms with E-state index in [1.54, 1.807) is 24.1 Å². The smallest absolute Gasteiger partial charge is 0.255 e. The summed E-state index contributed by atoms with van der Waals surface area (Å²) in [5.41, 5.74) is 3.61. The molecule has 0 saturated carbocycles. The van der Waals surface area contributed by atoms with Crippen LogP contribution in [0.2, 0.25) is 5.02 Å². The van der Waals surface area contributed by atoms with E-state index in [1.165, 1.54) is 31.3 Å². The van der Waals surface area contributed by atoms with Crippen LogP contribution in [0.5, 0.6) is 11.5 Å². The Bertz CT molecular complexity index is 2320. The summed E-state index contributed by atoms with van der Waals surface area (Å²) in [6.07, 6.45) is 8.22. The van der Waals surface area contributed by atoms with E-state index in [2.05, 4.69) is 47.1 Å². The Balaban J connectivity index is 0.719. The molecule has 3 amide bonds. The topological polar surface area (TPSA) is 132 Å². The maximum absolute atomic E-state index is 13.7. The number of nitrogens with zero attached hydrogens (tertiary/aromatic N) is 6. The number of ether oxygens (including phenoxy) is 2. The Morgan fingerprint density at radius 1 is 0.918 bits per heavy atom. The molecule has 3 saturated heterocycles. The van der Waals surface area contributed by atoms with Gasteiger partial charge in [-0.1, -0.05) is 29.5 Å². The Morgan fingerprint density at radius 3 is 2.51 bits per heavy atom. The molecule has 4 aromatic rings. The average molecular weight is 851 g/mol. The van der Waals surface area contributed by atoms with Crippen LogP contribution in [-0.2, 0) is 16.1 Å². The van der Waals surface area contributed by atoms with Gasteiger partial charge in [-0.05, 0) is 100 Å². The van der Waals surface area contributed by atoms with Crippen LogP contribution < -0.4 is 20.1 Å². The lowest BCUT2D eigenvalue weighted by atomic mass is 10.0. The summed E-state index contributed by atoms with van der Waals surface area (Å²) in [6, 6.07) is 13.8. The van der Waals surface area contributed by atoms with Gasteiger partial charge in [-0.15, -0.1) is 0 Å². The van der Waals surface area contributed by atoms with Crippen LogP contribution in [0.3, 0.4) is 0 Å². The standard InChI is InChI=1S/C46H52ClFN8O5/c1-60-41-28-39-35(44(50-30-49-39)51-32-11-12-38(48)37(47)26-32)27-42(41)61-25-7-18-53-19-15-33(16-20-53)55-23-21-54(22-24-55)17-5-3-2-4-8-31-9-6-10-34-36(31)29-56(46(34)59)40-13-14-43(57)52-45(40)58/h6,9-12,26-28,30,33,40H,2-3,5,7,13-25,29H2,1H3,(H,49,50,51)(H,52,57,58). The van der Waals surface area contributed by atoms with Gasteiger partial charge in [-0.2, -0.15) is 0 Å². The van der Waals surface area contributed by atoms with E-state index >= 15 is 0 Å². The van der Waals surface area contributed by atoms with Gasteiger partial charge < -0.3 is 29.5 Å². The molecule has 5 heterocycles. The van der Waals surface area contributed by atoms with Gasteiger partial charge in [0.15, 0.2) is 11.5 Å². The molecule has 2 N–H and O–H groups in total. The molecule has 8 rings (SSSR count). The number of anilines is 2. The summed E-state index contributed by atoms with van der Waals surface area (Å²) in [4.78, 5) is 55.4. The number of unbranched alkanes of at least 4 members (excludes halogenated alkanes) is 2. The number of nitrogens with one attached hydrogen (secondary N) is 2. The second-order valence-electron chi connectivity index (χ2n) is 16.1. The summed E-state index contributed by atoms with van der Waals surface area (Å²) >= 11 is 5.99. The molecule has 4 aliphatic heterocycles. The van der Waals surface area contributed by atoms with Crippen LogP contribution in [0, 0.1) is 17.7 Å². The highest BCUT2D eigenvalue weighted by Gasteiger charge is 2.39. The molecular formula is C46H52ClFN8O5. The number of hydrogen-bond acceptors (Lipinski definition) is 11. The average Bonchev–Trinajstić information content (AvgIpc) is 3.61. The second-order valence-corrected chi connectivity index (χ2v) is 16.5. The van der Waals surface area contributed by atoms with Crippen LogP contribution in [0.4, 0.5) is 15.9 Å². The number of halogens is 2. The van der Waals surface area contributed by atoms with E-state index in [4.69, 9.17) is 21.1 Å². The van der Waals surface area contributed by atoms with E-state index in [0.717, 1.165) is 94.6 Å². The van der Waals surface area contributed by atoms with E-state index in [1.807, 2.05) is 24.3 Å². The quantitative estimate of drug-likeness (QED) is 0.0879. The Morgan fingerprint density at radius 2 is 1.72 bits per heavy atom. The first kappa shape index (κ1) is 42.4. The van der Waals surface area contributed by atoms with E-state index < -0.39 is 17.8 Å². The van der Waals surface area contributed by atoms with Crippen molar-refractivity contribution in [2.45, 2.75) is 70.0 Å². The zero-order valence-electron chi connectivity index (χ0n) is 34.6. The van der Waals surface area contributed by atoms with E-state index in [9.17, 15) is 18.8 Å². The third kappa shape index (κ3) is 10.1. The lowest BCUT2D eigenvalue weighted by molar-refractivity contribution is -0.136. The maximum atomic E-state index is 13.7. The predicted molar refractivity (Wildman–Crippen MR) is 232 cm³/mol. The van der Waals surface area contributed by atoms with E-state index in [0.29, 0.717) is 59.7 Å². The minimum absolute atomic E-state index is 0.0273. The fourth-order valence-corrected chi connectivity index (χ4v) is 9.07. The molecule has 61 heavy (non-hydrogen) atoms. The number of aromatic nitrogens is 2. The minimum atomic E-state index is -0.624. The van der Waals surface area contributed by atoms with Crippen molar-refractivity contribution in [1.29, 1.82) is 0 Å². The van der Waals surface area contributed by atoms with Gasteiger partial charge in [-0.25, -0.2) is 14.4 Å². The number of piperidine rings is 2. The summed E-state index contributed by atoms with van der Waals surface area (Å²) in [5, 5.41) is 6.36. The van der Waals surface area contributed by atoms with Crippen molar-refractivity contribution in [3.05, 3.63) is 82.4 Å². The van der Waals surface area contributed by atoms with Crippen molar-refractivity contribution in [3.8, 4) is 23.3 Å². The molecule has 0 radical (unpaired) electrons. The lowest BCUT2D eigenvalue weighted by Crippen LogP contribution is -2.53. The van der Waals surface area contributed by atoms with Crippen LogP contribution in [0.15, 0.2) is 54.9 Å². The maximum Gasteiger partial charge on any atom is 0.255 e. The van der Waals surface area contributed by atoms with Crippen molar-refractivity contribution < 1.29 is 28.2 Å². The molecule has 0 aliphatic carbocycles. The van der Waals surface area contributed by atoms with Gasteiger partial charge in [0.1, 0.15) is 24.0 Å². The number of rotatable bonds is 14. The SMILES string of the molecule is COc1cc2ncnc(Nc3ccc(F)c(Cl)c3)c2cc1OCCCN1CCC(N2CCN(CCCCC#Cc3cccc4c3CN(C3CCC(=O)NC3=O)C4=O)CC2)CC1. The van der Waals surface area contributed by atoms with Crippen molar-refractivity contribution in [2.75, 3.05) is 71.4 Å². The van der Waals surface area contributed by atoms with Crippen molar-refractivity contribution in [3.63, 3.8) is 0 Å². The number of amides is 3. The zero-order chi connectivity index (χ0) is 42.3. The highest BCUT2D eigenvalue weighted by molar-refractivity contribution is 6.31. The molecule has 15 heteroatoms. The fourth-order valence-electron chi connectivity index (χ4n) is 8.89. The number of likely N-dealkylation sites (tertiary alicyclic amines) is 1. The largest absolute Gasteiger partial charge is 0.493 e. The molecular weight excluding hydrogens is 799 g/mol. The Kier molecular flexibility index (Phi) is 13.6. The van der Waals surface area contributed by atoms with Gasteiger partial charge >= 0.3 is 0 Å². The van der Waals surface area contributed by atoms with Crippen molar-refractivity contribution in [1.82, 2.24) is 34.9 Å². The first-order chi connectivity index (χ1) is 29.7. The zero-order valence-corrected chi connectivity index (χ0v) is 35.3. The molecule has 3 fully saturated rings. The number of methoxy groups -OCH3 is 1. The van der Waals surface area contributed by atoms with Crippen LogP contribution >= 0.6 is 11.6 Å². The monoisotopic (exact) mass is 850 g/mol. The number of carbonyl (C=O) groups excluding carboxylic acids is 3. The number of imide groups is 1. The number of carbonyl (C=O) groups is 3. The molecule has 0 bridgehead atoms. The van der Waals surface area contributed by atoms with Crippen LogP contribution in [0.25, 0.3) is 10.9 Å². The highest BCUT2D eigenvalue weighted by Crippen LogP contribution is 2.35. The van der Waals surface area contributed by atoms with Gasteiger partial charge in [-0.3, -0.25) is 24.6 Å². The number of fused-ring (bicyclic) bond motifs is 2. The normalized spacial score (nSPS) is 19.1. The molecule has 4 aliphatic rings. The first-order valence-electron chi connectivity index (χ1n) is 21.4. The number of benzene rings is 3. The lowest BCUT2D eigenvalue weighted by Gasteiger charge is -2.42. The van der Waals surface area contributed by atoms with Gasteiger partial charge in [0.05, 0.1) is 24.3 Å². The molecule has 13 nitrogen and oxygen atoms in total. The van der Waals surface area contributed by atoms with Crippen molar-refractivity contribution >= 4 is 51.7 Å². The van der Waals surface area contributed by atoms with Gasteiger partial charge in [0, 0.05) is 86.4 Å². The molecule has 0 spiro atoms. The number of piperazine rings is 1. The Hall–Kier alpha value is -5.33.